The van der Waals surface area contributed by atoms with Crippen LogP contribution in [0.1, 0.15) is 38.4 Å². The smallest absolute Gasteiger partial charge is 0.265 e. The zero-order valence-corrected chi connectivity index (χ0v) is 19.3. The number of carbonyl (C=O) groups excluding carboxylic acids is 2. The van der Waals surface area contributed by atoms with Gasteiger partial charge in [-0.2, -0.15) is 0 Å². The normalized spacial score (nSPS) is 14.8. The molecule has 1 fully saturated rings. The molecule has 0 aliphatic carbocycles. The van der Waals surface area contributed by atoms with Gasteiger partial charge in [0.25, 0.3) is 15.9 Å². The Morgan fingerprint density at radius 3 is 2.28 bits per heavy atom. The zero-order chi connectivity index (χ0) is 22.7. The number of sulfonamides is 1. The number of hydrogen-bond donors (Lipinski definition) is 1. The maximum atomic E-state index is 13.1. The highest BCUT2D eigenvalue weighted by atomic mass is 32.2. The highest BCUT2D eigenvalue weighted by molar-refractivity contribution is 7.93. The number of carbonyl (C=O) groups is 2. The van der Waals surface area contributed by atoms with E-state index in [-0.39, 0.29) is 27.4 Å². The number of hydrogen-bond acceptors (Lipinski definition) is 5. The summed E-state index contributed by atoms with van der Waals surface area (Å²) in [5.41, 5.74) is 2.15. The zero-order valence-electron chi connectivity index (χ0n) is 17.7. The van der Waals surface area contributed by atoms with Crippen LogP contribution in [-0.4, -0.2) is 38.1 Å². The van der Waals surface area contributed by atoms with Crippen molar-refractivity contribution in [3.05, 3.63) is 82.0 Å². The molecule has 6 nitrogen and oxygen atoms in total. The molecule has 0 radical (unpaired) electrons. The lowest BCUT2D eigenvalue weighted by atomic mass is 9.89. The summed E-state index contributed by atoms with van der Waals surface area (Å²) in [6.45, 7) is 2.76. The Morgan fingerprint density at radius 2 is 1.62 bits per heavy atom. The highest BCUT2D eigenvalue weighted by Crippen LogP contribution is 2.29. The molecule has 3 aromatic rings. The molecule has 166 valence electrons. The third-order valence-corrected chi connectivity index (χ3v) is 8.08. The van der Waals surface area contributed by atoms with Gasteiger partial charge in [0.1, 0.15) is 9.77 Å². The summed E-state index contributed by atoms with van der Waals surface area (Å²) in [4.78, 5) is 27.6. The summed E-state index contributed by atoms with van der Waals surface area (Å²) in [5, 5.41) is 1.61. The van der Waals surface area contributed by atoms with E-state index in [0.29, 0.717) is 37.2 Å². The molecular formula is C24H24N2O4S2. The summed E-state index contributed by atoms with van der Waals surface area (Å²) in [6.07, 6.45) is 1.13. The molecule has 2 heterocycles. The Morgan fingerprint density at radius 1 is 0.969 bits per heavy atom. The minimum atomic E-state index is -3.90. The molecule has 0 unspecified atom stereocenters. The number of piperidine rings is 1. The van der Waals surface area contributed by atoms with Crippen molar-refractivity contribution >= 4 is 38.7 Å². The Hall–Kier alpha value is -2.97. The van der Waals surface area contributed by atoms with Crippen LogP contribution in [0.5, 0.6) is 0 Å². The molecule has 0 bridgehead atoms. The maximum absolute atomic E-state index is 13.1. The topological polar surface area (TPSA) is 83.6 Å². The van der Waals surface area contributed by atoms with Gasteiger partial charge in [-0.25, -0.2) is 8.42 Å². The van der Waals surface area contributed by atoms with E-state index >= 15 is 0 Å². The van der Waals surface area contributed by atoms with E-state index in [0.717, 1.165) is 16.9 Å². The van der Waals surface area contributed by atoms with E-state index in [4.69, 9.17) is 0 Å². The number of amides is 1. The van der Waals surface area contributed by atoms with Crippen molar-refractivity contribution in [3.8, 4) is 0 Å². The standard InChI is InChI=1S/C24H24N2O4S2/c1-17-7-9-20(10-8-17)25-32(29,30)21-13-16-31-23(21)24(28)26-14-11-19(12-15-26)22(27)18-5-3-2-4-6-18/h2-10,13,16,19,25H,11-12,14-15H2,1H3. The van der Waals surface area contributed by atoms with Crippen molar-refractivity contribution in [2.24, 2.45) is 5.92 Å². The maximum Gasteiger partial charge on any atom is 0.265 e. The van der Waals surface area contributed by atoms with Gasteiger partial charge >= 0.3 is 0 Å². The second kappa shape index (κ2) is 9.26. The third-order valence-electron chi connectivity index (χ3n) is 5.63. The van der Waals surface area contributed by atoms with Crippen LogP contribution in [-0.2, 0) is 10.0 Å². The number of likely N-dealkylation sites (tertiary alicyclic amines) is 1. The molecule has 1 aliphatic heterocycles. The second-order valence-electron chi connectivity index (χ2n) is 7.88. The van der Waals surface area contributed by atoms with Crippen LogP contribution in [0.15, 0.2) is 70.9 Å². The van der Waals surface area contributed by atoms with Gasteiger partial charge in [0, 0.05) is 30.3 Å². The Balaban J connectivity index is 1.44. The van der Waals surface area contributed by atoms with Gasteiger partial charge in [-0.1, -0.05) is 48.0 Å². The highest BCUT2D eigenvalue weighted by Gasteiger charge is 2.32. The molecule has 1 N–H and O–H groups in total. The van der Waals surface area contributed by atoms with Gasteiger partial charge in [0.05, 0.1) is 0 Å². The number of nitrogens with zero attached hydrogens (tertiary/aromatic N) is 1. The summed E-state index contributed by atoms with van der Waals surface area (Å²) in [7, 11) is -3.90. The largest absolute Gasteiger partial charge is 0.338 e. The van der Waals surface area contributed by atoms with Crippen LogP contribution < -0.4 is 4.72 Å². The fourth-order valence-electron chi connectivity index (χ4n) is 3.82. The molecule has 2 aromatic carbocycles. The molecule has 1 aliphatic rings. The average Bonchev–Trinajstić information content (AvgIpc) is 3.31. The first-order valence-corrected chi connectivity index (χ1v) is 12.8. The Kier molecular flexibility index (Phi) is 6.43. The van der Waals surface area contributed by atoms with Gasteiger partial charge in [0.2, 0.25) is 0 Å². The quantitative estimate of drug-likeness (QED) is 0.536. The molecular weight excluding hydrogens is 444 g/mol. The molecule has 1 amide bonds. The Bertz CT molecular complexity index is 1210. The molecule has 0 atom stereocenters. The Labute approximate surface area is 191 Å². The summed E-state index contributed by atoms with van der Waals surface area (Å²) in [5.74, 6) is -0.342. The molecule has 8 heteroatoms. The monoisotopic (exact) mass is 468 g/mol. The van der Waals surface area contributed by atoms with E-state index in [1.54, 1.807) is 22.4 Å². The van der Waals surface area contributed by atoms with Crippen molar-refractivity contribution in [2.45, 2.75) is 24.7 Å². The first kappa shape index (κ1) is 22.2. The third kappa shape index (κ3) is 4.76. The second-order valence-corrected chi connectivity index (χ2v) is 10.4. The van der Waals surface area contributed by atoms with Crippen LogP contribution in [0.3, 0.4) is 0 Å². The van der Waals surface area contributed by atoms with Crippen LogP contribution >= 0.6 is 11.3 Å². The molecule has 1 saturated heterocycles. The van der Waals surface area contributed by atoms with E-state index in [1.165, 1.54) is 6.07 Å². The first-order valence-electron chi connectivity index (χ1n) is 10.4. The van der Waals surface area contributed by atoms with Crippen molar-refractivity contribution in [3.63, 3.8) is 0 Å². The predicted molar refractivity (Wildman–Crippen MR) is 126 cm³/mol. The lowest BCUT2D eigenvalue weighted by molar-refractivity contribution is 0.0651. The lowest BCUT2D eigenvalue weighted by Gasteiger charge is -2.31. The molecule has 0 saturated carbocycles. The number of Topliss-reactive ketones (excluding diaryl/α,β-unsaturated/α-hetero) is 1. The van der Waals surface area contributed by atoms with Crippen LogP contribution in [0.4, 0.5) is 5.69 Å². The van der Waals surface area contributed by atoms with Gasteiger partial charge in [-0.3, -0.25) is 14.3 Å². The number of thiophene rings is 1. The minimum absolute atomic E-state index is 0.0180. The lowest BCUT2D eigenvalue weighted by Crippen LogP contribution is -2.40. The van der Waals surface area contributed by atoms with E-state index < -0.39 is 10.0 Å². The van der Waals surface area contributed by atoms with E-state index in [9.17, 15) is 18.0 Å². The fraction of sp³-hybridized carbons (Fsp3) is 0.250. The predicted octanol–water partition coefficient (Wildman–Crippen LogP) is 4.59. The van der Waals surface area contributed by atoms with Crippen molar-refractivity contribution in [1.29, 1.82) is 0 Å². The number of benzene rings is 2. The first-order chi connectivity index (χ1) is 15.3. The van der Waals surface area contributed by atoms with E-state index in [1.807, 2.05) is 49.4 Å². The number of ketones is 1. The van der Waals surface area contributed by atoms with Crippen molar-refractivity contribution < 1.29 is 18.0 Å². The summed E-state index contributed by atoms with van der Waals surface area (Å²) >= 11 is 1.12. The molecule has 1 aromatic heterocycles. The van der Waals surface area contributed by atoms with E-state index in [2.05, 4.69) is 4.72 Å². The number of nitrogens with one attached hydrogen (secondary N) is 1. The van der Waals surface area contributed by atoms with Gasteiger partial charge in [0.15, 0.2) is 5.78 Å². The fourth-order valence-corrected chi connectivity index (χ4v) is 6.27. The number of anilines is 1. The van der Waals surface area contributed by atoms with Gasteiger partial charge in [-0.05, 0) is 43.3 Å². The number of aryl methyl sites for hydroxylation is 1. The van der Waals surface area contributed by atoms with Crippen molar-refractivity contribution in [2.75, 3.05) is 17.8 Å². The van der Waals surface area contributed by atoms with Gasteiger partial charge in [-0.15, -0.1) is 11.3 Å². The number of rotatable bonds is 6. The van der Waals surface area contributed by atoms with Crippen LogP contribution in [0.25, 0.3) is 0 Å². The van der Waals surface area contributed by atoms with Crippen LogP contribution in [0.2, 0.25) is 0 Å². The molecule has 32 heavy (non-hydrogen) atoms. The minimum Gasteiger partial charge on any atom is -0.338 e. The molecule has 4 rings (SSSR count). The summed E-state index contributed by atoms with van der Waals surface area (Å²) in [6, 6.07) is 17.7. The van der Waals surface area contributed by atoms with Crippen LogP contribution in [0, 0.1) is 12.8 Å². The average molecular weight is 469 g/mol. The molecule has 0 spiro atoms. The SMILES string of the molecule is Cc1ccc(NS(=O)(=O)c2ccsc2C(=O)N2CCC(C(=O)c3ccccc3)CC2)cc1. The van der Waals surface area contributed by atoms with Crippen molar-refractivity contribution in [1.82, 2.24) is 4.90 Å². The summed E-state index contributed by atoms with van der Waals surface area (Å²) < 4.78 is 28.4. The van der Waals surface area contributed by atoms with Gasteiger partial charge < -0.3 is 4.90 Å².